The SMILES string of the molecule is CCC(CC)OC1CC(C)NC(Oc2c(C)cc(C)cc2C)C1C. The first-order valence-electron chi connectivity index (χ1n) is 9.51. The molecule has 0 saturated carbocycles. The van der Waals surface area contributed by atoms with Crippen molar-refractivity contribution in [2.45, 2.75) is 92.2 Å². The molecule has 1 aliphatic rings. The highest BCUT2D eigenvalue weighted by Gasteiger charge is 2.36. The van der Waals surface area contributed by atoms with Gasteiger partial charge in [0.2, 0.25) is 0 Å². The smallest absolute Gasteiger partial charge is 0.155 e. The average molecular weight is 334 g/mol. The summed E-state index contributed by atoms with van der Waals surface area (Å²) in [5.41, 5.74) is 3.69. The molecule has 1 aromatic rings. The Morgan fingerprint density at radius 1 is 1.08 bits per heavy atom. The molecule has 3 nitrogen and oxygen atoms in total. The van der Waals surface area contributed by atoms with Crippen molar-refractivity contribution < 1.29 is 9.47 Å². The molecule has 4 unspecified atom stereocenters. The summed E-state index contributed by atoms with van der Waals surface area (Å²) < 4.78 is 12.8. The van der Waals surface area contributed by atoms with Crippen LogP contribution in [0.4, 0.5) is 0 Å². The van der Waals surface area contributed by atoms with Crippen LogP contribution < -0.4 is 10.1 Å². The fourth-order valence-electron chi connectivity index (χ4n) is 3.79. The highest BCUT2D eigenvalue weighted by Crippen LogP contribution is 2.31. The molecule has 2 rings (SSSR count). The Hall–Kier alpha value is -1.06. The number of aryl methyl sites for hydroxylation is 3. The highest BCUT2D eigenvalue weighted by molar-refractivity contribution is 5.43. The lowest BCUT2D eigenvalue weighted by atomic mass is 9.91. The molecular weight excluding hydrogens is 298 g/mol. The van der Waals surface area contributed by atoms with Gasteiger partial charge in [-0.15, -0.1) is 0 Å². The van der Waals surface area contributed by atoms with Crippen molar-refractivity contribution in [1.29, 1.82) is 0 Å². The number of piperidine rings is 1. The molecule has 0 aliphatic carbocycles. The van der Waals surface area contributed by atoms with E-state index in [0.717, 1.165) is 25.0 Å². The predicted molar refractivity (Wildman–Crippen MR) is 101 cm³/mol. The fraction of sp³-hybridized carbons (Fsp3) is 0.714. The second-order valence-electron chi connectivity index (χ2n) is 7.54. The molecule has 0 bridgehead atoms. The molecule has 1 heterocycles. The van der Waals surface area contributed by atoms with Gasteiger partial charge in [0.05, 0.1) is 12.2 Å². The van der Waals surface area contributed by atoms with Crippen LogP contribution in [-0.2, 0) is 4.74 Å². The van der Waals surface area contributed by atoms with Gasteiger partial charge in [0.25, 0.3) is 0 Å². The van der Waals surface area contributed by atoms with E-state index >= 15 is 0 Å². The fourth-order valence-corrected chi connectivity index (χ4v) is 3.79. The zero-order valence-electron chi connectivity index (χ0n) is 16.5. The van der Waals surface area contributed by atoms with Gasteiger partial charge in [-0.2, -0.15) is 0 Å². The largest absolute Gasteiger partial charge is 0.474 e. The summed E-state index contributed by atoms with van der Waals surface area (Å²) in [6.45, 7) is 15.3. The lowest BCUT2D eigenvalue weighted by Gasteiger charge is -2.41. The Morgan fingerprint density at radius 3 is 2.21 bits per heavy atom. The quantitative estimate of drug-likeness (QED) is 0.802. The Labute approximate surface area is 148 Å². The topological polar surface area (TPSA) is 30.5 Å². The summed E-state index contributed by atoms with van der Waals surface area (Å²) in [6, 6.07) is 4.78. The normalized spacial score (nSPS) is 27.5. The monoisotopic (exact) mass is 333 g/mol. The van der Waals surface area contributed by atoms with E-state index in [1.54, 1.807) is 0 Å². The zero-order valence-corrected chi connectivity index (χ0v) is 16.5. The van der Waals surface area contributed by atoms with E-state index in [1.807, 2.05) is 0 Å². The van der Waals surface area contributed by atoms with Crippen LogP contribution in [0, 0.1) is 26.7 Å². The third kappa shape index (κ3) is 4.52. The third-order valence-electron chi connectivity index (χ3n) is 5.23. The Kier molecular flexibility index (Phi) is 6.70. The first-order valence-corrected chi connectivity index (χ1v) is 9.51. The van der Waals surface area contributed by atoms with Gasteiger partial charge in [-0.1, -0.05) is 38.5 Å². The lowest BCUT2D eigenvalue weighted by Crippen LogP contribution is -2.55. The molecule has 0 aromatic heterocycles. The maximum absolute atomic E-state index is 6.44. The molecule has 24 heavy (non-hydrogen) atoms. The van der Waals surface area contributed by atoms with Crippen LogP contribution in [0.2, 0.25) is 0 Å². The van der Waals surface area contributed by atoms with E-state index in [0.29, 0.717) is 18.1 Å². The molecule has 1 fully saturated rings. The van der Waals surface area contributed by atoms with Crippen LogP contribution in [-0.4, -0.2) is 24.5 Å². The first kappa shape index (κ1) is 19.3. The minimum atomic E-state index is -0.00628. The van der Waals surface area contributed by atoms with E-state index in [9.17, 15) is 0 Å². The van der Waals surface area contributed by atoms with Gasteiger partial charge in [0.1, 0.15) is 5.75 Å². The molecule has 1 aliphatic heterocycles. The summed E-state index contributed by atoms with van der Waals surface area (Å²) in [7, 11) is 0. The Bertz CT molecular complexity index is 516. The summed E-state index contributed by atoms with van der Waals surface area (Å²) in [6.07, 6.45) is 3.79. The molecule has 1 aromatic carbocycles. The van der Waals surface area contributed by atoms with Gasteiger partial charge in [-0.3, -0.25) is 5.32 Å². The van der Waals surface area contributed by atoms with Gasteiger partial charge >= 0.3 is 0 Å². The van der Waals surface area contributed by atoms with Crippen LogP contribution in [0.5, 0.6) is 5.75 Å². The van der Waals surface area contributed by atoms with Gasteiger partial charge in [-0.05, 0) is 58.1 Å². The third-order valence-corrected chi connectivity index (χ3v) is 5.23. The van der Waals surface area contributed by atoms with Crippen LogP contribution >= 0.6 is 0 Å². The van der Waals surface area contributed by atoms with Crippen LogP contribution in [0.15, 0.2) is 12.1 Å². The highest BCUT2D eigenvalue weighted by atomic mass is 16.5. The van der Waals surface area contributed by atoms with Crippen LogP contribution in [0.3, 0.4) is 0 Å². The number of benzene rings is 1. The Morgan fingerprint density at radius 2 is 1.67 bits per heavy atom. The summed E-state index contributed by atoms with van der Waals surface area (Å²) in [4.78, 5) is 0. The maximum atomic E-state index is 6.44. The molecule has 1 N–H and O–H groups in total. The van der Waals surface area contributed by atoms with Gasteiger partial charge in [0.15, 0.2) is 6.23 Å². The molecule has 1 saturated heterocycles. The van der Waals surface area contributed by atoms with Crippen molar-refractivity contribution in [2.24, 2.45) is 5.92 Å². The molecular formula is C21H35NO2. The first-order chi connectivity index (χ1) is 11.3. The van der Waals surface area contributed by atoms with Crippen LogP contribution in [0.25, 0.3) is 0 Å². The summed E-state index contributed by atoms with van der Waals surface area (Å²) >= 11 is 0. The number of nitrogens with one attached hydrogen (secondary N) is 1. The zero-order chi connectivity index (χ0) is 17.9. The van der Waals surface area contributed by atoms with Crippen molar-refractivity contribution >= 4 is 0 Å². The van der Waals surface area contributed by atoms with E-state index in [4.69, 9.17) is 9.47 Å². The molecule has 0 radical (unpaired) electrons. The predicted octanol–water partition coefficient (Wildman–Crippen LogP) is 4.91. The van der Waals surface area contributed by atoms with Crippen molar-refractivity contribution in [2.75, 3.05) is 0 Å². The second kappa shape index (κ2) is 8.35. The summed E-state index contributed by atoms with van der Waals surface area (Å²) in [5.74, 6) is 1.34. The van der Waals surface area contributed by atoms with E-state index < -0.39 is 0 Å². The average Bonchev–Trinajstić information content (AvgIpc) is 2.52. The number of hydrogen-bond donors (Lipinski definition) is 1. The Balaban J connectivity index is 2.14. The van der Waals surface area contributed by atoms with Crippen molar-refractivity contribution in [3.05, 3.63) is 28.8 Å². The molecule has 136 valence electrons. The number of ether oxygens (including phenoxy) is 2. The molecule has 0 amide bonds. The van der Waals surface area contributed by atoms with E-state index in [2.05, 4.69) is 65.9 Å². The maximum Gasteiger partial charge on any atom is 0.155 e. The van der Waals surface area contributed by atoms with E-state index in [-0.39, 0.29) is 12.3 Å². The standard InChI is InChI=1S/C21H35NO2/c1-8-18(9-2)23-19-12-16(6)22-21(17(19)7)24-20-14(4)10-13(3)11-15(20)5/h10-11,16-19,21-22H,8-9,12H2,1-7H3. The lowest BCUT2D eigenvalue weighted by molar-refractivity contribution is -0.101. The molecule has 0 spiro atoms. The van der Waals surface area contributed by atoms with Crippen molar-refractivity contribution in [3.63, 3.8) is 0 Å². The van der Waals surface area contributed by atoms with Gasteiger partial charge < -0.3 is 9.47 Å². The van der Waals surface area contributed by atoms with Gasteiger partial charge in [-0.25, -0.2) is 0 Å². The van der Waals surface area contributed by atoms with Gasteiger partial charge in [0, 0.05) is 12.0 Å². The number of rotatable bonds is 6. The molecule has 4 atom stereocenters. The minimum Gasteiger partial charge on any atom is -0.474 e. The minimum absolute atomic E-state index is 0.00628. The van der Waals surface area contributed by atoms with Crippen molar-refractivity contribution in [1.82, 2.24) is 5.32 Å². The number of hydrogen-bond acceptors (Lipinski definition) is 3. The van der Waals surface area contributed by atoms with E-state index in [1.165, 1.54) is 16.7 Å². The van der Waals surface area contributed by atoms with Crippen molar-refractivity contribution in [3.8, 4) is 5.75 Å². The second-order valence-corrected chi connectivity index (χ2v) is 7.54. The summed E-state index contributed by atoms with van der Waals surface area (Å²) in [5, 5.41) is 3.62. The van der Waals surface area contributed by atoms with Crippen LogP contribution in [0.1, 0.15) is 63.6 Å². The molecule has 3 heteroatoms.